The van der Waals surface area contributed by atoms with Crippen molar-refractivity contribution in [2.24, 2.45) is 0 Å². The summed E-state index contributed by atoms with van der Waals surface area (Å²) in [5.41, 5.74) is 4.78. The highest BCUT2D eigenvalue weighted by Gasteiger charge is 2.42. The Morgan fingerprint density at radius 3 is 1.93 bits per heavy atom. The van der Waals surface area contributed by atoms with Gasteiger partial charge in [-0.15, -0.1) is 11.8 Å². The molecule has 5 rings (SSSR count). The fraction of sp³-hybridized carbons (Fsp3) is 0.468. The number of pyridine rings is 1. The lowest BCUT2D eigenvalue weighted by Gasteiger charge is -2.43. The Balaban J connectivity index is 1.17. The molecule has 1 amide bonds. The molecule has 9 heteroatoms. The molecule has 8 nitrogen and oxygen atoms in total. The van der Waals surface area contributed by atoms with Gasteiger partial charge < -0.3 is 25.0 Å². The largest absolute Gasteiger partial charge is 0.478 e. The maximum atomic E-state index is 12.6. The number of carbonyl (C=O) groups is 2. The summed E-state index contributed by atoms with van der Waals surface area (Å²) in [4.78, 5) is 29.0. The van der Waals surface area contributed by atoms with Crippen molar-refractivity contribution in [1.29, 1.82) is 0 Å². The van der Waals surface area contributed by atoms with Crippen LogP contribution in [0.15, 0.2) is 102 Å². The van der Waals surface area contributed by atoms with E-state index in [1.54, 1.807) is 18.3 Å². The molecule has 2 heterocycles. The molecule has 0 radical (unpaired) electrons. The lowest BCUT2D eigenvalue weighted by Crippen LogP contribution is -2.38. The second-order valence-corrected chi connectivity index (χ2v) is 15.9. The number of ether oxygens (including phenoxy) is 2. The van der Waals surface area contributed by atoms with Gasteiger partial charge in [0.1, 0.15) is 5.03 Å². The summed E-state index contributed by atoms with van der Waals surface area (Å²) in [6.45, 7) is 2.66. The summed E-state index contributed by atoms with van der Waals surface area (Å²) in [6.07, 6.45) is 17.4. The zero-order valence-electron chi connectivity index (χ0n) is 33.0. The maximum Gasteiger partial charge on any atom is 0.338 e. The van der Waals surface area contributed by atoms with Crippen molar-refractivity contribution in [3.8, 4) is 0 Å². The standard InChI is InChI=1S/C47H60N2O6S/c1-2-3-4-5-6-7-8-9-10-11-12-13-17-22-42(51)49-32-35-23-29-39(30-24-35)47-54-41(34-56-45-40(46(52)53)21-18-31-48-45)43(37-19-15-14-16-20-37)44(55-47)38-27-25-36(33-50)26-28-38/h14-16,18-21,23-31,41,43-44,47,50H,2-13,17,22,32-34H2,1H3,(H,49,51)(H,52,53)/t41-,43-,44+,47?/m1/s1. The van der Waals surface area contributed by atoms with E-state index in [9.17, 15) is 19.8 Å². The molecule has 56 heavy (non-hydrogen) atoms. The summed E-state index contributed by atoms with van der Waals surface area (Å²) in [6, 6.07) is 29.0. The molecular weight excluding hydrogens is 721 g/mol. The van der Waals surface area contributed by atoms with Crippen LogP contribution in [0, 0.1) is 0 Å². The highest BCUT2D eigenvalue weighted by Crippen LogP contribution is 2.48. The van der Waals surface area contributed by atoms with E-state index in [4.69, 9.17) is 9.47 Å². The quantitative estimate of drug-likeness (QED) is 0.0475. The Morgan fingerprint density at radius 2 is 1.30 bits per heavy atom. The third-order valence-electron chi connectivity index (χ3n) is 10.6. The summed E-state index contributed by atoms with van der Waals surface area (Å²) in [5.74, 6) is -0.729. The second-order valence-electron chi connectivity index (χ2n) is 14.9. The van der Waals surface area contributed by atoms with Gasteiger partial charge >= 0.3 is 5.97 Å². The molecule has 1 aliphatic rings. The first-order chi connectivity index (χ1) is 27.5. The molecule has 1 aliphatic heterocycles. The van der Waals surface area contributed by atoms with Crippen LogP contribution < -0.4 is 5.32 Å². The van der Waals surface area contributed by atoms with Gasteiger partial charge in [0, 0.05) is 36.4 Å². The Kier molecular flexibility index (Phi) is 18.4. The van der Waals surface area contributed by atoms with Crippen molar-refractivity contribution in [1.82, 2.24) is 10.3 Å². The maximum absolute atomic E-state index is 12.6. The number of carboxylic acid groups (broad SMARTS) is 1. The summed E-state index contributed by atoms with van der Waals surface area (Å²) in [5, 5.41) is 23.1. The fourth-order valence-electron chi connectivity index (χ4n) is 7.37. The zero-order valence-corrected chi connectivity index (χ0v) is 33.8. The van der Waals surface area contributed by atoms with Crippen molar-refractivity contribution < 1.29 is 29.3 Å². The van der Waals surface area contributed by atoms with Crippen LogP contribution in [-0.2, 0) is 27.4 Å². The van der Waals surface area contributed by atoms with Gasteiger partial charge in [-0.25, -0.2) is 9.78 Å². The molecule has 0 saturated carbocycles. The highest BCUT2D eigenvalue weighted by atomic mass is 32.2. The van der Waals surface area contributed by atoms with E-state index in [0.717, 1.165) is 40.7 Å². The molecule has 1 saturated heterocycles. The van der Waals surface area contributed by atoms with Crippen LogP contribution in [0.1, 0.15) is 153 Å². The van der Waals surface area contributed by atoms with E-state index >= 15 is 0 Å². The number of amides is 1. The number of carbonyl (C=O) groups excluding carboxylic acids is 1. The van der Waals surface area contributed by atoms with E-state index in [0.29, 0.717) is 23.7 Å². The van der Waals surface area contributed by atoms with E-state index in [2.05, 4.69) is 29.4 Å². The number of rotatable bonds is 24. The lowest BCUT2D eigenvalue weighted by molar-refractivity contribution is -0.255. The zero-order chi connectivity index (χ0) is 39.4. The van der Waals surface area contributed by atoms with Gasteiger partial charge in [-0.1, -0.05) is 163 Å². The smallest absolute Gasteiger partial charge is 0.338 e. The molecule has 3 aromatic carbocycles. The lowest BCUT2D eigenvalue weighted by atomic mass is 9.84. The summed E-state index contributed by atoms with van der Waals surface area (Å²) < 4.78 is 13.6. The monoisotopic (exact) mass is 780 g/mol. The molecule has 300 valence electrons. The Labute approximate surface area is 337 Å². The van der Waals surface area contributed by atoms with Crippen molar-refractivity contribution in [2.45, 2.75) is 139 Å². The molecule has 3 N–H and O–H groups in total. The number of carboxylic acids is 1. The highest BCUT2D eigenvalue weighted by molar-refractivity contribution is 7.99. The number of aliphatic hydroxyl groups excluding tert-OH is 1. The normalized spacial score (nSPS) is 18.1. The Morgan fingerprint density at radius 1 is 0.696 bits per heavy atom. The molecule has 1 fully saturated rings. The van der Waals surface area contributed by atoms with Gasteiger partial charge in [-0.2, -0.15) is 0 Å². The molecule has 0 spiro atoms. The molecule has 1 aromatic heterocycles. The summed E-state index contributed by atoms with van der Waals surface area (Å²) >= 11 is 1.36. The third kappa shape index (κ3) is 13.6. The van der Waals surface area contributed by atoms with Gasteiger partial charge in [0.2, 0.25) is 5.91 Å². The number of nitrogens with one attached hydrogen (secondary N) is 1. The van der Waals surface area contributed by atoms with Crippen molar-refractivity contribution in [2.75, 3.05) is 5.75 Å². The number of aromatic nitrogens is 1. The van der Waals surface area contributed by atoms with Crippen molar-refractivity contribution >= 4 is 23.6 Å². The summed E-state index contributed by atoms with van der Waals surface area (Å²) in [7, 11) is 0. The van der Waals surface area contributed by atoms with Gasteiger partial charge in [0.25, 0.3) is 0 Å². The van der Waals surface area contributed by atoms with E-state index < -0.39 is 18.4 Å². The number of hydrogen-bond donors (Lipinski definition) is 3. The number of nitrogens with zero attached hydrogens (tertiary/aromatic N) is 1. The minimum Gasteiger partial charge on any atom is -0.478 e. The first-order valence-electron chi connectivity index (χ1n) is 20.7. The molecule has 1 unspecified atom stereocenters. The molecule has 0 aliphatic carbocycles. The van der Waals surface area contributed by atoms with Crippen LogP contribution >= 0.6 is 11.8 Å². The van der Waals surface area contributed by atoms with E-state index in [1.807, 2.05) is 66.7 Å². The minimum atomic E-state index is -1.02. The fourth-order valence-corrected chi connectivity index (χ4v) is 8.42. The van der Waals surface area contributed by atoms with Gasteiger partial charge in [0.05, 0.1) is 24.4 Å². The van der Waals surface area contributed by atoms with Crippen LogP contribution in [0.2, 0.25) is 0 Å². The predicted molar refractivity (Wildman–Crippen MR) is 224 cm³/mol. The molecule has 0 bridgehead atoms. The van der Waals surface area contributed by atoms with E-state index in [-0.39, 0.29) is 30.1 Å². The van der Waals surface area contributed by atoms with Crippen LogP contribution in [0.3, 0.4) is 0 Å². The van der Waals surface area contributed by atoms with Gasteiger partial charge in [-0.05, 0) is 40.8 Å². The van der Waals surface area contributed by atoms with Gasteiger partial charge in [-0.3, -0.25) is 4.79 Å². The number of aliphatic hydroxyl groups is 1. The molecule has 4 aromatic rings. The predicted octanol–water partition coefficient (Wildman–Crippen LogP) is 11.1. The van der Waals surface area contributed by atoms with Crippen LogP contribution in [-0.4, -0.2) is 38.9 Å². The first-order valence-corrected chi connectivity index (χ1v) is 21.7. The Bertz CT molecular complexity index is 1740. The first kappa shape index (κ1) is 43.1. The van der Waals surface area contributed by atoms with Crippen LogP contribution in [0.25, 0.3) is 0 Å². The average Bonchev–Trinajstić information content (AvgIpc) is 3.24. The van der Waals surface area contributed by atoms with Gasteiger partial charge in [0.15, 0.2) is 6.29 Å². The SMILES string of the molecule is CCCCCCCCCCCCCCCC(=O)NCc1ccc(C2O[C@H](CSc3ncccc3C(=O)O)[C@@H](c3ccccc3)[C@H](c3ccc(CO)cc3)O2)cc1. The Hall–Kier alpha value is -4.02. The minimum absolute atomic E-state index is 0.0544. The second kappa shape index (κ2) is 23.9. The number of unbranched alkanes of at least 4 members (excludes halogenated alkanes) is 12. The molecule has 4 atom stereocenters. The van der Waals surface area contributed by atoms with Crippen molar-refractivity contribution in [3.05, 3.63) is 131 Å². The number of hydrogen-bond acceptors (Lipinski definition) is 7. The number of aromatic carboxylic acids is 1. The number of thioether (sulfide) groups is 1. The average molecular weight is 781 g/mol. The van der Waals surface area contributed by atoms with Crippen molar-refractivity contribution in [3.63, 3.8) is 0 Å². The third-order valence-corrected chi connectivity index (χ3v) is 11.7. The van der Waals surface area contributed by atoms with Crippen LogP contribution in [0.4, 0.5) is 0 Å². The number of benzene rings is 3. The van der Waals surface area contributed by atoms with Crippen LogP contribution in [0.5, 0.6) is 0 Å². The topological polar surface area (TPSA) is 118 Å². The molecular formula is C47H60N2O6S. The van der Waals surface area contributed by atoms with E-state index in [1.165, 1.54) is 82.4 Å².